The van der Waals surface area contributed by atoms with Gasteiger partial charge in [-0.15, -0.1) is 0 Å². The lowest BCUT2D eigenvalue weighted by Crippen LogP contribution is -2.36. The number of carbonyl (C=O) groups excluding carboxylic acids is 1. The molecule has 2 bridgehead atoms. The Morgan fingerprint density at radius 1 is 1.11 bits per heavy atom. The van der Waals surface area contributed by atoms with Gasteiger partial charge in [-0.2, -0.15) is 0 Å². The molecule has 2 aliphatic carbocycles. The van der Waals surface area contributed by atoms with E-state index < -0.39 is 0 Å². The van der Waals surface area contributed by atoms with E-state index in [4.69, 9.17) is 9.47 Å². The summed E-state index contributed by atoms with van der Waals surface area (Å²) in [6.07, 6.45) is 2.28. The molecule has 2 heterocycles. The Labute approximate surface area is 108 Å². The van der Waals surface area contributed by atoms with Crippen LogP contribution in [0, 0.1) is 23.7 Å². The van der Waals surface area contributed by atoms with E-state index in [1.165, 1.54) is 6.42 Å². The number of epoxide rings is 1. The first-order valence-electron chi connectivity index (χ1n) is 7.07. The summed E-state index contributed by atoms with van der Waals surface area (Å²) in [5, 5.41) is 0. The summed E-state index contributed by atoms with van der Waals surface area (Å²) in [6, 6.07) is 0. The van der Waals surface area contributed by atoms with Crippen molar-refractivity contribution in [3.63, 3.8) is 0 Å². The van der Waals surface area contributed by atoms with Crippen LogP contribution in [0.4, 0.5) is 4.79 Å². The van der Waals surface area contributed by atoms with Crippen molar-refractivity contribution in [1.29, 1.82) is 0 Å². The van der Waals surface area contributed by atoms with E-state index in [1.807, 2.05) is 25.7 Å². The summed E-state index contributed by atoms with van der Waals surface area (Å²) in [4.78, 5) is 14.0. The SMILES string of the molecule is CC(C)(C)OC(=O)N1C[C@@H]2[C@H](C1)[C@H]1C[C@@H]2[C@H]2O[C@@H]12. The van der Waals surface area contributed by atoms with E-state index in [9.17, 15) is 4.79 Å². The van der Waals surface area contributed by atoms with Crippen LogP contribution < -0.4 is 0 Å². The highest BCUT2D eigenvalue weighted by Crippen LogP contribution is 2.63. The molecule has 100 valence electrons. The van der Waals surface area contributed by atoms with Crippen molar-refractivity contribution in [3.05, 3.63) is 0 Å². The number of ether oxygens (including phenoxy) is 2. The normalized spacial score (nSPS) is 48.1. The van der Waals surface area contributed by atoms with E-state index in [0.717, 1.165) is 24.9 Å². The van der Waals surface area contributed by atoms with Crippen molar-refractivity contribution >= 4 is 6.09 Å². The summed E-state index contributed by atoms with van der Waals surface area (Å²) < 4.78 is 11.2. The molecule has 1 amide bonds. The van der Waals surface area contributed by atoms with Crippen LogP contribution in [0.15, 0.2) is 0 Å². The fourth-order valence-corrected chi connectivity index (χ4v) is 4.48. The van der Waals surface area contributed by atoms with Gasteiger partial charge < -0.3 is 14.4 Å². The number of carbonyl (C=O) groups is 1. The molecule has 4 nitrogen and oxygen atoms in total. The van der Waals surface area contributed by atoms with E-state index in [1.54, 1.807) is 0 Å². The topological polar surface area (TPSA) is 42.1 Å². The maximum absolute atomic E-state index is 12.1. The third-order valence-electron chi connectivity index (χ3n) is 5.11. The van der Waals surface area contributed by atoms with Gasteiger partial charge in [-0.1, -0.05) is 0 Å². The van der Waals surface area contributed by atoms with E-state index in [0.29, 0.717) is 24.0 Å². The maximum atomic E-state index is 12.1. The molecule has 0 N–H and O–H groups in total. The number of rotatable bonds is 0. The molecule has 4 fully saturated rings. The molecule has 4 rings (SSSR count). The molecule has 0 aromatic rings. The number of amides is 1. The zero-order valence-corrected chi connectivity index (χ0v) is 11.3. The summed E-state index contributed by atoms with van der Waals surface area (Å²) in [6.45, 7) is 7.54. The molecule has 2 aliphatic heterocycles. The standard InChI is InChI=1S/C14H21NO3/c1-14(2,3)18-13(16)15-5-9-7-4-8(10(9)6-15)12-11(7)17-12/h7-12H,4-6H2,1-3H3/t7-,8+,9-,10+,11+,12-. The molecule has 18 heavy (non-hydrogen) atoms. The summed E-state index contributed by atoms with van der Waals surface area (Å²) >= 11 is 0. The van der Waals surface area contributed by atoms with Crippen LogP contribution in [0.5, 0.6) is 0 Å². The molecular formula is C14H21NO3. The fourth-order valence-electron chi connectivity index (χ4n) is 4.48. The van der Waals surface area contributed by atoms with Gasteiger partial charge >= 0.3 is 6.09 Å². The van der Waals surface area contributed by atoms with E-state index >= 15 is 0 Å². The fraction of sp³-hybridized carbons (Fsp3) is 0.929. The molecule has 0 aromatic carbocycles. The highest BCUT2D eigenvalue weighted by Gasteiger charge is 2.69. The number of hydrogen-bond donors (Lipinski definition) is 0. The Balaban J connectivity index is 1.45. The van der Waals surface area contributed by atoms with Gasteiger partial charge in [-0.05, 0) is 50.9 Å². The lowest BCUT2D eigenvalue weighted by Gasteiger charge is -2.25. The molecule has 4 heteroatoms. The predicted molar refractivity (Wildman–Crippen MR) is 65.0 cm³/mol. The third-order valence-corrected chi connectivity index (χ3v) is 5.11. The Kier molecular flexibility index (Phi) is 1.98. The second kappa shape index (κ2) is 3.21. The Morgan fingerprint density at radius 3 is 2.17 bits per heavy atom. The maximum Gasteiger partial charge on any atom is 0.410 e. The third kappa shape index (κ3) is 1.44. The molecule has 2 saturated heterocycles. The number of fused-ring (bicyclic) bond motifs is 8. The number of nitrogens with zero attached hydrogens (tertiary/aromatic N) is 1. The average Bonchev–Trinajstić information content (AvgIpc) is 2.68. The van der Waals surface area contributed by atoms with Crippen molar-refractivity contribution in [3.8, 4) is 0 Å². The Morgan fingerprint density at radius 2 is 1.67 bits per heavy atom. The molecule has 6 atom stereocenters. The van der Waals surface area contributed by atoms with Gasteiger partial charge in [0.1, 0.15) is 5.60 Å². The molecule has 0 spiro atoms. The molecule has 4 aliphatic rings. The highest BCUT2D eigenvalue weighted by molar-refractivity contribution is 5.68. The molecule has 0 unspecified atom stereocenters. The number of hydrogen-bond acceptors (Lipinski definition) is 3. The van der Waals surface area contributed by atoms with Crippen LogP contribution in [0.2, 0.25) is 0 Å². The quantitative estimate of drug-likeness (QED) is 0.617. The second-order valence-electron chi connectivity index (χ2n) is 7.34. The zero-order chi connectivity index (χ0) is 12.7. The van der Waals surface area contributed by atoms with Gasteiger partial charge in [0.05, 0.1) is 12.2 Å². The molecular weight excluding hydrogens is 230 g/mol. The van der Waals surface area contributed by atoms with Crippen LogP contribution >= 0.6 is 0 Å². The Hall–Kier alpha value is -0.770. The van der Waals surface area contributed by atoms with Gasteiger partial charge in [-0.3, -0.25) is 0 Å². The van der Waals surface area contributed by atoms with Gasteiger partial charge in [0.25, 0.3) is 0 Å². The smallest absolute Gasteiger partial charge is 0.410 e. The van der Waals surface area contributed by atoms with Crippen molar-refractivity contribution in [2.45, 2.75) is 45.0 Å². The van der Waals surface area contributed by atoms with Crippen LogP contribution in [-0.2, 0) is 9.47 Å². The average molecular weight is 251 g/mol. The largest absolute Gasteiger partial charge is 0.444 e. The van der Waals surface area contributed by atoms with Crippen LogP contribution in [0.25, 0.3) is 0 Å². The molecule has 0 aromatic heterocycles. The monoisotopic (exact) mass is 251 g/mol. The summed E-state index contributed by atoms with van der Waals surface area (Å²) in [5.41, 5.74) is -0.390. The van der Waals surface area contributed by atoms with Crippen LogP contribution in [0.3, 0.4) is 0 Å². The second-order valence-corrected chi connectivity index (χ2v) is 7.34. The van der Waals surface area contributed by atoms with Crippen molar-refractivity contribution in [2.75, 3.05) is 13.1 Å². The van der Waals surface area contributed by atoms with Crippen LogP contribution in [0.1, 0.15) is 27.2 Å². The van der Waals surface area contributed by atoms with Gasteiger partial charge in [0.15, 0.2) is 0 Å². The molecule has 2 saturated carbocycles. The van der Waals surface area contributed by atoms with Crippen molar-refractivity contribution < 1.29 is 14.3 Å². The van der Waals surface area contributed by atoms with Gasteiger partial charge in [0.2, 0.25) is 0 Å². The minimum absolute atomic E-state index is 0.133. The van der Waals surface area contributed by atoms with E-state index in [2.05, 4.69) is 0 Å². The van der Waals surface area contributed by atoms with Crippen molar-refractivity contribution in [1.82, 2.24) is 4.90 Å². The lowest BCUT2D eigenvalue weighted by molar-refractivity contribution is 0.0268. The van der Waals surface area contributed by atoms with E-state index in [-0.39, 0.29) is 11.7 Å². The van der Waals surface area contributed by atoms with Crippen molar-refractivity contribution in [2.24, 2.45) is 23.7 Å². The zero-order valence-electron chi connectivity index (χ0n) is 11.3. The summed E-state index contributed by atoms with van der Waals surface area (Å²) in [5.74, 6) is 2.78. The predicted octanol–water partition coefficient (Wildman–Crippen LogP) is 1.89. The summed E-state index contributed by atoms with van der Waals surface area (Å²) in [7, 11) is 0. The highest BCUT2D eigenvalue weighted by atomic mass is 16.6. The van der Waals surface area contributed by atoms with Crippen LogP contribution in [-0.4, -0.2) is 41.9 Å². The Bertz CT molecular complexity index is 380. The molecule has 0 radical (unpaired) electrons. The first-order chi connectivity index (χ1) is 8.44. The minimum Gasteiger partial charge on any atom is -0.444 e. The first-order valence-corrected chi connectivity index (χ1v) is 7.07. The van der Waals surface area contributed by atoms with Gasteiger partial charge in [0, 0.05) is 13.1 Å². The minimum atomic E-state index is -0.390. The lowest BCUT2D eigenvalue weighted by atomic mass is 9.82. The first kappa shape index (κ1) is 11.1. The van der Waals surface area contributed by atoms with Gasteiger partial charge in [-0.25, -0.2) is 4.79 Å². The number of likely N-dealkylation sites (tertiary alicyclic amines) is 1.